The molecule has 2 aromatic rings. The van der Waals surface area contributed by atoms with E-state index in [0.29, 0.717) is 125 Å². The zero-order chi connectivity index (χ0) is 40.1. The summed E-state index contributed by atoms with van der Waals surface area (Å²) in [4.78, 5) is 50.9. The zero-order valence-electron chi connectivity index (χ0n) is 32.8. The summed E-state index contributed by atoms with van der Waals surface area (Å²) in [6, 6.07) is 10.5. The number of carbonyl (C=O) groups is 4. The number of benzene rings is 2. The van der Waals surface area contributed by atoms with Gasteiger partial charge < -0.3 is 49.3 Å². The molecule has 0 amide bonds. The minimum Gasteiger partial charge on any atom is -0.463 e. The number of anilines is 2. The van der Waals surface area contributed by atoms with E-state index in [-0.39, 0.29) is 49.9 Å². The van der Waals surface area contributed by atoms with E-state index < -0.39 is 0 Å². The standard InChI is InChI=1S/C42H62N2O12/c45-21-9-3-1-5-15-37(47)55-31-29-53-27-25-51-23-11-19-43-35-17-18-36(40-39(35)41(49)33-13-7-8-14-34(33)42(40)50)44-20-12-24-52-26-28-54-30-32-56-38(48)16-6-2-4-10-22-46/h7-8,13-14,17-18,43-46H,1-6,9-12,15-16,19-32H2. The number of nitrogens with one attached hydrogen (secondary N) is 2. The molecular formula is C42H62N2O12. The first kappa shape index (κ1) is 46.5. The average Bonchev–Trinajstić information content (AvgIpc) is 3.20. The van der Waals surface area contributed by atoms with Crippen molar-refractivity contribution in [3.8, 4) is 0 Å². The Labute approximate surface area is 330 Å². The number of hydrogen-bond donors (Lipinski definition) is 4. The van der Waals surface area contributed by atoms with Crippen molar-refractivity contribution in [3.63, 3.8) is 0 Å². The van der Waals surface area contributed by atoms with Crippen molar-refractivity contribution < 1.29 is 57.8 Å². The number of rotatable bonds is 34. The minimum atomic E-state index is -0.239. The SMILES string of the molecule is O=C(CCCCCCO)OCCOCCOCCCNc1ccc(NCCCOCCOCCOC(=O)CCCCCCO)c2c1C(=O)c1ccccc1C2=O. The van der Waals surface area contributed by atoms with Gasteiger partial charge in [0.1, 0.15) is 13.2 Å². The Bertz CT molecular complexity index is 1350. The number of esters is 2. The molecule has 1 aliphatic rings. The van der Waals surface area contributed by atoms with E-state index in [9.17, 15) is 19.2 Å². The summed E-state index contributed by atoms with van der Waals surface area (Å²) in [5.41, 5.74) is 2.66. The first-order valence-corrected chi connectivity index (χ1v) is 20.1. The van der Waals surface area contributed by atoms with E-state index in [1.54, 1.807) is 24.3 Å². The van der Waals surface area contributed by atoms with E-state index in [0.717, 1.165) is 51.4 Å². The molecule has 0 saturated carbocycles. The second-order valence-electron chi connectivity index (χ2n) is 13.3. The molecule has 0 saturated heterocycles. The maximum Gasteiger partial charge on any atom is 0.305 e. The molecule has 4 N–H and O–H groups in total. The lowest BCUT2D eigenvalue weighted by Crippen LogP contribution is -2.25. The maximum atomic E-state index is 13.7. The van der Waals surface area contributed by atoms with Crippen LogP contribution in [0.1, 0.15) is 109 Å². The fraction of sp³-hybridized carbons (Fsp3) is 0.619. The summed E-state index contributed by atoms with van der Waals surface area (Å²) in [7, 11) is 0. The number of unbranched alkanes of at least 4 members (excludes halogenated alkanes) is 6. The predicted molar refractivity (Wildman–Crippen MR) is 211 cm³/mol. The number of carbonyl (C=O) groups excluding carboxylic acids is 4. The lowest BCUT2D eigenvalue weighted by molar-refractivity contribution is -0.146. The highest BCUT2D eigenvalue weighted by Crippen LogP contribution is 2.36. The van der Waals surface area contributed by atoms with Gasteiger partial charge in [-0.3, -0.25) is 19.2 Å². The second kappa shape index (κ2) is 29.3. The van der Waals surface area contributed by atoms with Crippen LogP contribution in [0.3, 0.4) is 0 Å². The van der Waals surface area contributed by atoms with Gasteiger partial charge in [-0.25, -0.2) is 0 Å². The predicted octanol–water partition coefficient (Wildman–Crippen LogP) is 5.10. The topological polar surface area (TPSA) is 188 Å². The van der Waals surface area contributed by atoms with E-state index >= 15 is 0 Å². The number of ether oxygens (including phenoxy) is 6. The van der Waals surface area contributed by atoms with Crippen LogP contribution in [0.5, 0.6) is 0 Å². The highest BCUT2D eigenvalue weighted by atomic mass is 16.6. The van der Waals surface area contributed by atoms with Crippen LogP contribution < -0.4 is 10.6 Å². The smallest absolute Gasteiger partial charge is 0.305 e. The number of fused-ring (bicyclic) bond motifs is 2. The van der Waals surface area contributed by atoms with Gasteiger partial charge in [0.15, 0.2) is 11.6 Å². The third-order valence-electron chi connectivity index (χ3n) is 8.94. The largest absolute Gasteiger partial charge is 0.463 e. The average molecular weight is 787 g/mol. The number of aliphatic hydroxyl groups excluding tert-OH is 2. The highest BCUT2D eigenvalue weighted by molar-refractivity contribution is 6.31. The van der Waals surface area contributed by atoms with Crippen LogP contribution in [-0.2, 0) is 38.0 Å². The van der Waals surface area contributed by atoms with Crippen LogP contribution in [0, 0.1) is 0 Å². The fourth-order valence-corrected chi connectivity index (χ4v) is 6.00. The monoisotopic (exact) mass is 786 g/mol. The molecule has 3 rings (SSSR count). The summed E-state index contributed by atoms with van der Waals surface area (Å²) in [5, 5.41) is 24.2. The van der Waals surface area contributed by atoms with Crippen LogP contribution in [0.2, 0.25) is 0 Å². The van der Waals surface area contributed by atoms with Gasteiger partial charge in [-0.1, -0.05) is 49.9 Å². The molecule has 14 heteroatoms. The fourth-order valence-electron chi connectivity index (χ4n) is 6.00. The molecular weight excluding hydrogens is 724 g/mol. The van der Waals surface area contributed by atoms with Crippen molar-refractivity contribution in [2.75, 3.05) is 103 Å². The molecule has 0 bridgehead atoms. The van der Waals surface area contributed by atoms with Gasteiger partial charge in [-0.05, 0) is 50.7 Å². The molecule has 1 aliphatic carbocycles. The summed E-state index contributed by atoms with van der Waals surface area (Å²) < 4.78 is 32.6. The van der Waals surface area contributed by atoms with E-state index in [4.69, 9.17) is 38.6 Å². The second-order valence-corrected chi connectivity index (χ2v) is 13.3. The Balaban J connectivity index is 1.32. The summed E-state index contributed by atoms with van der Waals surface area (Å²) in [6.07, 6.45) is 8.70. The molecule has 0 spiro atoms. The van der Waals surface area contributed by atoms with Gasteiger partial charge in [0.25, 0.3) is 0 Å². The highest BCUT2D eigenvalue weighted by Gasteiger charge is 2.33. The molecule has 312 valence electrons. The molecule has 0 radical (unpaired) electrons. The normalized spacial score (nSPS) is 12.0. The molecule has 0 heterocycles. The number of hydrogen-bond acceptors (Lipinski definition) is 14. The Morgan fingerprint density at radius 2 is 0.839 bits per heavy atom. The molecule has 0 aromatic heterocycles. The molecule has 2 aromatic carbocycles. The molecule has 0 fully saturated rings. The van der Waals surface area contributed by atoms with Crippen LogP contribution >= 0.6 is 0 Å². The van der Waals surface area contributed by atoms with Gasteiger partial charge in [0.05, 0.1) is 50.8 Å². The van der Waals surface area contributed by atoms with Gasteiger partial charge in [0.2, 0.25) is 0 Å². The first-order valence-electron chi connectivity index (χ1n) is 20.1. The summed E-state index contributed by atoms with van der Waals surface area (Å²) >= 11 is 0. The third-order valence-corrected chi connectivity index (χ3v) is 8.94. The van der Waals surface area contributed by atoms with Crippen molar-refractivity contribution >= 4 is 34.9 Å². The van der Waals surface area contributed by atoms with E-state index in [1.807, 2.05) is 12.1 Å². The lowest BCUT2D eigenvalue weighted by atomic mass is 9.82. The Morgan fingerprint density at radius 1 is 0.464 bits per heavy atom. The van der Waals surface area contributed by atoms with Crippen LogP contribution in [0.25, 0.3) is 0 Å². The maximum absolute atomic E-state index is 13.7. The minimum absolute atomic E-state index is 0.178. The van der Waals surface area contributed by atoms with Crippen molar-refractivity contribution in [2.24, 2.45) is 0 Å². The van der Waals surface area contributed by atoms with Crippen LogP contribution in [0.15, 0.2) is 36.4 Å². The van der Waals surface area contributed by atoms with Crippen molar-refractivity contribution in [1.82, 2.24) is 0 Å². The molecule has 0 atom stereocenters. The molecule has 0 unspecified atom stereocenters. The molecule has 14 nitrogen and oxygen atoms in total. The Morgan fingerprint density at radius 3 is 1.25 bits per heavy atom. The van der Waals surface area contributed by atoms with Crippen molar-refractivity contribution in [2.45, 2.75) is 77.0 Å². The van der Waals surface area contributed by atoms with Crippen LogP contribution in [0.4, 0.5) is 11.4 Å². The van der Waals surface area contributed by atoms with E-state index in [1.165, 1.54) is 0 Å². The summed E-state index contributed by atoms with van der Waals surface area (Å²) in [5.74, 6) is -0.883. The van der Waals surface area contributed by atoms with Crippen molar-refractivity contribution in [1.29, 1.82) is 0 Å². The number of aliphatic hydroxyl groups is 2. The van der Waals surface area contributed by atoms with Gasteiger partial charge in [0, 0.05) is 74.9 Å². The quantitative estimate of drug-likeness (QED) is 0.0462. The van der Waals surface area contributed by atoms with E-state index in [2.05, 4.69) is 10.6 Å². The van der Waals surface area contributed by atoms with Crippen molar-refractivity contribution in [3.05, 3.63) is 58.7 Å². The summed E-state index contributed by atoms with van der Waals surface area (Å²) in [6.45, 7) is 4.88. The first-order chi connectivity index (χ1) is 27.5. The Hall–Kier alpha value is -3.92. The van der Waals surface area contributed by atoms with Gasteiger partial charge >= 0.3 is 11.9 Å². The zero-order valence-corrected chi connectivity index (χ0v) is 32.8. The van der Waals surface area contributed by atoms with Gasteiger partial charge in [-0.15, -0.1) is 0 Å². The number of ketones is 2. The third kappa shape index (κ3) is 17.9. The Kier molecular flexibility index (Phi) is 24.3. The molecule has 0 aliphatic heterocycles. The lowest BCUT2D eigenvalue weighted by Gasteiger charge is -2.24. The van der Waals surface area contributed by atoms with Gasteiger partial charge in [-0.2, -0.15) is 0 Å². The van der Waals surface area contributed by atoms with Crippen LogP contribution in [-0.4, -0.2) is 126 Å². The molecule has 56 heavy (non-hydrogen) atoms.